The average molecular weight is 383 g/mol. The molecule has 2 rings (SSSR count). The Labute approximate surface area is 152 Å². The lowest BCUT2D eigenvalue weighted by Gasteiger charge is -2.23. The van der Waals surface area contributed by atoms with Crippen LogP contribution in [-0.2, 0) is 14.6 Å². The second-order valence-corrected chi connectivity index (χ2v) is 9.19. The summed E-state index contributed by atoms with van der Waals surface area (Å²) in [7, 11) is -1.76. The van der Waals surface area contributed by atoms with Crippen molar-refractivity contribution in [1.29, 1.82) is 0 Å². The summed E-state index contributed by atoms with van der Waals surface area (Å²) in [4.78, 5) is 18.2. The maximum atomic E-state index is 11.7. The highest BCUT2D eigenvalue weighted by molar-refractivity contribution is 7.92. The monoisotopic (exact) mass is 382 g/mol. The minimum atomic E-state index is -3.59. The lowest BCUT2D eigenvalue weighted by Crippen LogP contribution is -2.30. The number of thiazole rings is 1. The van der Waals surface area contributed by atoms with Gasteiger partial charge in [-0.25, -0.2) is 13.4 Å². The van der Waals surface area contributed by atoms with Crippen LogP contribution in [0.5, 0.6) is 0 Å². The zero-order valence-electron chi connectivity index (χ0n) is 14.5. The minimum Gasteiger partial charge on any atom is -0.480 e. The van der Waals surface area contributed by atoms with Crippen molar-refractivity contribution in [2.45, 2.75) is 19.9 Å². The summed E-state index contributed by atoms with van der Waals surface area (Å²) in [5, 5.41) is 9.59. The zero-order valence-corrected chi connectivity index (χ0v) is 16.1. The predicted molar refractivity (Wildman–Crippen MR) is 99.6 cm³/mol. The van der Waals surface area contributed by atoms with Crippen LogP contribution in [0.15, 0.2) is 30.3 Å². The van der Waals surface area contributed by atoms with Crippen LogP contribution in [0.3, 0.4) is 0 Å². The summed E-state index contributed by atoms with van der Waals surface area (Å²) < 4.78 is 23.5. The van der Waals surface area contributed by atoms with Crippen molar-refractivity contribution in [3.8, 4) is 10.6 Å². The molecule has 1 aromatic heterocycles. The number of aliphatic carboxylic acids is 1. The molecule has 136 valence electrons. The van der Waals surface area contributed by atoms with Crippen molar-refractivity contribution in [3.05, 3.63) is 40.9 Å². The third kappa shape index (κ3) is 5.35. The number of carboxylic acids is 1. The van der Waals surface area contributed by atoms with Gasteiger partial charge in [0.1, 0.15) is 10.8 Å². The molecule has 6 nitrogen and oxygen atoms in total. The van der Waals surface area contributed by atoms with Gasteiger partial charge >= 0.3 is 5.97 Å². The smallest absolute Gasteiger partial charge is 0.318 e. The average Bonchev–Trinajstić information content (AvgIpc) is 2.93. The Hall–Kier alpha value is -1.77. The quantitative estimate of drug-likeness (QED) is 0.755. The molecule has 0 spiro atoms. The van der Waals surface area contributed by atoms with Gasteiger partial charge in [0.15, 0.2) is 9.84 Å². The molecule has 1 unspecified atom stereocenters. The molecule has 0 amide bonds. The van der Waals surface area contributed by atoms with Crippen molar-refractivity contribution >= 4 is 27.1 Å². The SMILES string of the molecule is Cc1nc(-c2ccccc2)sc1C(C)N(C)CCS(=O)(=O)CC(=O)O. The minimum absolute atomic E-state index is 0.00464. The molecule has 25 heavy (non-hydrogen) atoms. The van der Waals surface area contributed by atoms with Crippen LogP contribution in [0.4, 0.5) is 0 Å². The first-order valence-electron chi connectivity index (χ1n) is 7.85. The van der Waals surface area contributed by atoms with Gasteiger partial charge in [0.2, 0.25) is 0 Å². The lowest BCUT2D eigenvalue weighted by atomic mass is 10.2. The van der Waals surface area contributed by atoms with E-state index in [4.69, 9.17) is 5.11 Å². The first-order chi connectivity index (χ1) is 11.7. The Morgan fingerprint density at radius 2 is 1.96 bits per heavy atom. The number of benzene rings is 1. The van der Waals surface area contributed by atoms with E-state index in [-0.39, 0.29) is 18.3 Å². The highest BCUT2D eigenvalue weighted by Gasteiger charge is 2.22. The van der Waals surface area contributed by atoms with Gasteiger partial charge in [-0.1, -0.05) is 30.3 Å². The third-order valence-corrected chi connectivity index (χ3v) is 6.86. The van der Waals surface area contributed by atoms with E-state index in [1.165, 1.54) is 0 Å². The number of hydrogen-bond acceptors (Lipinski definition) is 6. The van der Waals surface area contributed by atoms with Gasteiger partial charge in [-0.2, -0.15) is 0 Å². The van der Waals surface area contributed by atoms with Crippen LogP contribution in [0, 0.1) is 6.92 Å². The van der Waals surface area contributed by atoms with E-state index < -0.39 is 21.6 Å². The zero-order chi connectivity index (χ0) is 18.6. The summed E-state index contributed by atoms with van der Waals surface area (Å²) in [5.74, 6) is -2.32. The van der Waals surface area contributed by atoms with E-state index in [0.29, 0.717) is 0 Å². The molecule has 0 aliphatic rings. The fourth-order valence-corrected chi connectivity index (χ4v) is 4.71. The second kappa shape index (κ2) is 8.07. The van der Waals surface area contributed by atoms with Crippen molar-refractivity contribution in [3.63, 3.8) is 0 Å². The normalized spacial score (nSPS) is 13.1. The summed E-state index contributed by atoms with van der Waals surface area (Å²) in [5.41, 5.74) is 1.98. The molecule has 1 aromatic carbocycles. The van der Waals surface area contributed by atoms with Gasteiger partial charge in [-0.05, 0) is 20.9 Å². The summed E-state index contributed by atoms with van der Waals surface area (Å²) in [6.07, 6.45) is 0. The highest BCUT2D eigenvalue weighted by atomic mass is 32.2. The summed E-state index contributed by atoms with van der Waals surface area (Å²) >= 11 is 1.60. The highest BCUT2D eigenvalue weighted by Crippen LogP contribution is 2.33. The predicted octanol–water partition coefficient (Wildman–Crippen LogP) is 2.61. The van der Waals surface area contributed by atoms with Gasteiger partial charge in [-0.15, -0.1) is 11.3 Å². The maximum Gasteiger partial charge on any atom is 0.318 e. The lowest BCUT2D eigenvalue weighted by molar-refractivity contribution is -0.134. The number of carbonyl (C=O) groups is 1. The molecule has 1 atom stereocenters. The number of aryl methyl sites for hydroxylation is 1. The van der Waals surface area contributed by atoms with Crippen LogP contribution < -0.4 is 0 Å². The van der Waals surface area contributed by atoms with E-state index in [1.807, 2.05) is 56.1 Å². The van der Waals surface area contributed by atoms with Gasteiger partial charge in [0.05, 0.1) is 11.4 Å². The molecule has 0 radical (unpaired) electrons. The molecular weight excluding hydrogens is 360 g/mol. The van der Waals surface area contributed by atoms with E-state index in [1.54, 1.807) is 11.3 Å². The third-order valence-electron chi connectivity index (χ3n) is 3.99. The van der Waals surface area contributed by atoms with Gasteiger partial charge in [-0.3, -0.25) is 9.69 Å². The van der Waals surface area contributed by atoms with Crippen LogP contribution in [0.2, 0.25) is 0 Å². The van der Waals surface area contributed by atoms with Crippen molar-refractivity contribution < 1.29 is 18.3 Å². The van der Waals surface area contributed by atoms with E-state index >= 15 is 0 Å². The standard InChI is InChI=1S/C17H22N2O4S2/c1-12-16(24-17(18-12)14-7-5-4-6-8-14)13(2)19(3)9-10-25(22,23)11-15(20)21/h4-8,13H,9-11H2,1-3H3,(H,20,21). The fraction of sp³-hybridized carbons (Fsp3) is 0.412. The van der Waals surface area contributed by atoms with E-state index in [2.05, 4.69) is 4.98 Å². The van der Waals surface area contributed by atoms with E-state index in [9.17, 15) is 13.2 Å². The first kappa shape index (κ1) is 19.6. The van der Waals surface area contributed by atoms with Crippen LogP contribution in [-0.4, -0.2) is 54.5 Å². The number of aromatic nitrogens is 1. The summed E-state index contributed by atoms with van der Waals surface area (Å²) in [6, 6.07) is 9.90. The maximum absolute atomic E-state index is 11.7. The van der Waals surface area contributed by atoms with Crippen LogP contribution in [0.1, 0.15) is 23.5 Å². The molecule has 0 saturated carbocycles. The summed E-state index contributed by atoms with van der Waals surface area (Å²) in [6.45, 7) is 4.22. The number of sulfone groups is 1. The Morgan fingerprint density at radius 1 is 1.32 bits per heavy atom. The van der Waals surface area contributed by atoms with Gasteiger partial charge in [0, 0.05) is 23.0 Å². The van der Waals surface area contributed by atoms with Crippen LogP contribution >= 0.6 is 11.3 Å². The first-order valence-corrected chi connectivity index (χ1v) is 10.5. The molecule has 8 heteroatoms. The second-order valence-electron chi connectivity index (χ2n) is 5.98. The number of rotatable bonds is 8. The number of carboxylic acid groups (broad SMARTS) is 1. The number of hydrogen-bond donors (Lipinski definition) is 1. The molecule has 0 aliphatic carbocycles. The molecule has 1 N–H and O–H groups in total. The molecule has 0 aliphatic heterocycles. The van der Waals surface area contributed by atoms with Gasteiger partial charge in [0.25, 0.3) is 0 Å². The molecule has 1 heterocycles. The largest absolute Gasteiger partial charge is 0.480 e. The molecule has 0 saturated heterocycles. The Balaban J connectivity index is 2.08. The van der Waals surface area contributed by atoms with Crippen molar-refractivity contribution in [1.82, 2.24) is 9.88 Å². The van der Waals surface area contributed by atoms with Crippen LogP contribution in [0.25, 0.3) is 10.6 Å². The Morgan fingerprint density at radius 3 is 2.56 bits per heavy atom. The molecule has 0 bridgehead atoms. The molecule has 2 aromatic rings. The van der Waals surface area contributed by atoms with Crippen molar-refractivity contribution in [2.75, 3.05) is 25.1 Å². The van der Waals surface area contributed by atoms with Crippen molar-refractivity contribution in [2.24, 2.45) is 0 Å². The van der Waals surface area contributed by atoms with Gasteiger partial charge < -0.3 is 5.11 Å². The fourth-order valence-electron chi connectivity index (χ4n) is 2.44. The topological polar surface area (TPSA) is 87.6 Å². The van der Waals surface area contributed by atoms with E-state index in [0.717, 1.165) is 21.1 Å². The molecular formula is C17H22N2O4S2. The Bertz CT molecular complexity index is 832. The Kier molecular flexibility index (Phi) is 6.31. The molecule has 0 fully saturated rings. The number of nitrogens with zero attached hydrogens (tertiary/aromatic N) is 2.